The number of carbonyl (C=O) groups is 1. The first-order chi connectivity index (χ1) is 34.5. The molecular weight excluding hydrogens is 988 g/mol. The Kier molecular flexibility index (Phi) is 20.8. The van der Waals surface area contributed by atoms with E-state index in [0.29, 0.717) is 12.7 Å². The molecule has 418 valence electrons. The van der Waals surface area contributed by atoms with E-state index in [1.807, 2.05) is 0 Å². The molecule has 72 heavy (non-hydrogen) atoms. The molecule has 16 aliphatic heterocycles. The molecule has 16 saturated heterocycles. The van der Waals surface area contributed by atoms with Gasteiger partial charge in [-0.3, -0.25) is 0 Å². The van der Waals surface area contributed by atoms with Gasteiger partial charge in [0.2, 0.25) is 0 Å². The van der Waals surface area contributed by atoms with Crippen LogP contribution in [0.15, 0.2) is 0 Å². The fourth-order valence-corrected chi connectivity index (χ4v) is 9.64. The summed E-state index contributed by atoms with van der Waals surface area (Å²) in [5.41, 5.74) is 0. The molecule has 0 saturated carbocycles. The highest BCUT2D eigenvalue weighted by Crippen LogP contribution is 2.38. The first-order valence-electron chi connectivity index (χ1n) is 23.5. The van der Waals surface area contributed by atoms with E-state index in [0.717, 1.165) is 0 Å². The van der Waals surface area contributed by atoms with Crippen molar-refractivity contribution in [3.63, 3.8) is 0 Å². The van der Waals surface area contributed by atoms with Crippen molar-refractivity contribution in [2.75, 3.05) is 46.2 Å². The predicted molar refractivity (Wildman–Crippen MR) is 219 cm³/mol. The Balaban J connectivity index is 1.21. The van der Waals surface area contributed by atoms with Crippen molar-refractivity contribution in [3.8, 4) is 0 Å². The van der Waals surface area contributed by atoms with Crippen LogP contribution in [0.3, 0.4) is 0 Å². The second-order valence-corrected chi connectivity index (χ2v) is 18.4. The maximum atomic E-state index is 11.9. The monoisotopic (exact) mass is 1060 g/mol. The van der Waals surface area contributed by atoms with Gasteiger partial charge in [0.05, 0.1) is 39.6 Å². The van der Waals surface area contributed by atoms with Crippen molar-refractivity contribution < 1.29 is 153 Å². The van der Waals surface area contributed by atoms with Crippen LogP contribution in [0.4, 0.5) is 0 Å². The van der Waals surface area contributed by atoms with E-state index in [2.05, 4.69) is 0 Å². The summed E-state index contributed by atoms with van der Waals surface area (Å²) in [5.74, 6) is 0. The number of aldehydes is 1. The zero-order chi connectivity index (χ0) is 52.3. The van der Waals surface area contributed by atoms with Crippen LogP contribution in [0.1, 0.15) is 19.3 Å². The van der Waals surface area contributed by atoms with E-state index in [4.69, 9.17) is 61.6 Å². The van der Waals surface area contributed by atoms with Gasteiger partial charge in [0.1, 0.15) is 153 Å². The summed E-state index contributed by atoms with van der Waals surface area (Å²) < 4.78 is 75.3. The maximum absolute atomic E-state index is 11.9. The molecular formula is C41H68O31. The molecule has 17 N–H and O–H groups in total. The Morgan fingerprint density at radius 3 is 0.792 bits per heavy atom. The largest absolute Gasteiger partial charge is 0.394 e. The van der Waals surface area contributed by atoms with E-state index < -0.39 is 224 Å². The van der Waals surface area contributed by atoms with Gasteiger partial charge in [-0.1, -0.05) is 0 Å². The van der Waals surface area contributed by atoms with Gasteiger partial charge in [-0.25, -0.2) is 0 Å². The number of unbranched alkanes of at least 4 members (excludes halogenated alkanes) is 2. The second-order valence-electron chi connectivity index (χ2n) is 18.4. The zero-order valence-electron chi connectivity index (χ0n) is 38.3. The highest BCUT2D eigenvalue weighted by Gasteiger charge is 2.59. The molecule has 12 bridgehead atoms. The summed E-state index contributed by atoms with van der Waals surface area (Å²) in [5, 5.41) is 187. The lowest BCUT2D eigenvalue weighted by molar-refractivity contribution is -0.405. The van der Waals surface area contributed by atoms with Gasteiger partial charge < -0.3 is 153 Å². The van der Waals surface area contributed by atoms with Crippen LogP contribution in [0.25, 0.3) is 0 Å². The van der Waals surface area contributed by atoms with Gasteiger partial charge in [0.15, 0.2) is 37.7 Å². The molecule has 31 nitrogen and oxygen atoms in total. The number of hydrogen-bond acceptors (Lipinski definition) is 31. The Labute approximate surface area is 408 Å². The number of aliphatic hydroxyl groups excluding tert-OH is 17. The maximum Gasteiger partial charge on any atom is 0.187 e. The van der Waals surface area contributed by atoms with E-state index >= 15 is 0 Å². The molecule has 0 aromatic rings. The Hall–Kier alpha value is -1.53. The average molecular weight is 1060 g/mol. The molecule has 16 fully saturated rings. The predicted octanol–water partition coefficient (Wildman–Crippen LogP) is -11.7. The van der Waals surface area contributed by atoms with Crippen LogP contribution in [0.5, 0.6) is 0 Å². The topological polar surface area (TPSA) is 481 Å². The van der Waals surface area contributed by atoms with E-state index in [9.17, 15) is 91.6 Å². The van der Waals surface area contributed by atoms with Crippen LogP contribution in [0, 0.1) is 0 Å². The van der Waals surface area contributed by atoms with Crippen LogP contribution < -0.4 is 0 Å². The summed E-state index contributed by atoms with van der Waals surface area (Å²) >= 11 is 0. The number of hydrogen-bond donors (Lipinski definition) is 17. The Morgan fingerprint density at radius 2 is 0.542 bits per heavy atom. The average Bonchev–Trinajstić information content (AvgIpc) is 3.37. The van der Waals surface area contributed by atoms with E-state index in [1.54, 1.807) is 0 Å². The molecule has 0 aromatic carbocycles. The molecule has 16 aliphatic rings. The van der Waals surface area contributed by atoms with E-state index in [-0.39, 0.29) is 19.4 Å². The summed E-state index contributed by atoms with van der Waals surface area (Å²) in [6.45, 7) is -6.14. The summed E-state index contributed by atoms with van der Waals surface area (Å²) in [6.07, 6.45) is -56.2. The van der Waals surface area contributed by atoms with Gasteiger partial charge in [-0.05, 0) is 12.8 Å². The highest BCUT2D eigenvalue weighted by atomic mass is 16.8. The third kappa shape index (κ3) is 12.0. The van der Waals surface area contributed by atoms with E-state index in [1.165, 1.54) is 0 Å². The smallest absolute Gasteiger partial charge is 0.187 e. The highest BCUT2D eigenvalue weighted by molar-refractivity contribution is 5.48. The third-order valence-electron chi connectivity index (χ3n) is 13.7. The molecule has 0 spiro atoms. The SMILES string of the molecule is O=CCCCCO[C@H]1[C@H]2O[C@H]3[C@H](O)[C@@H](O)[C@@H](O[C@H]4[C@H](O)[C@@H](O)[C@@H](O[C@H]5[C@H](O)[C@@H](O)[C@@H](O[C@H]6[C@H](O)[C@@H](O)[C@@H](O[C@H]7[C@H](O)[C@@H](O)[C@@H](O[C@@H]([C@@H]1O)[C@@H](CO)O2)O[C@@H]7CO)O[C@@H]6CO)O[C@@H]5CO)O[C@@H]4CO)O[C@@H]3CO. The molecule has 0 unspecified atom stereocenters. The summed E-state index contributed by atoms with van der Waals surface area (Å²) in [6, 6.07) is 0. The van der Waals surface area contributed by atoms with Gasteiger partial charge in [-0.2, -0.15) is 0 Å². The minimum Gasteiger partial charge on any atom is -0.394 e. The molecule has 16 rings (SSSR count). The second kappa shape index (κ2) is 25.7. The standard InChI is InChI=1S/C41H68O31/c42-4-2-1-3-5-60-35-28(59)34-17(11-48)66-41(35)72-33-16(10-47)65-39(27(58)22(33)53)70-31-14(8-45)63-37(25(56)20(31)51)68-29-12(6-43)61-36(23(54)18(29)49)67-30-13(7-44)62-38(24(55)19(30)50)69-32-15(9-46)64-40(71-34)26(57)21(32)52/h4,12-41,43-59H,1-3,5-11H2/t12-,13-,14-,15-,16-,17-,18-,19-,20-,21-,22-,23-,24-,25-,26-,27-,28+,29-,30-,31-,32-,33-,34-,35-,36-,37-,38-,39-,40-,41-/m1/s1. The minimum absolute atomic E-state index is 0.141. The molecule has 30 atom stereocenters. The van der Waals surface area contributed by atoms with Crippen molar-refractivity contribution >= 4 is 6.29 Å². The van der Waals surface area contributed by atoms with Gasteiger partial charge >= 0.3 is 0 Å². The van der Waals surface area contributed by atoms with Crippen LogP contribution in [-0.2, 0) is 66.4 Å². The number of rotatable bonds is 12. The quantitative estimate of drug-likeness (QED) is 0.0637. The molecule has 0 aliphatic carbocycles. The lowest BCUT2D eigenvalue weighted by atomic mass is 9.94. The fourth-order valence-electron chi connectivity index (χ4n) is 9.64. The van der Waals surface area contributed by atoms with Crippen LogP contribution in [-0.4, -0.2) is 324 Å². The van der Waals surface area contributed by atoms with Crippen molar-refractivity contribution in [1.29, 1.82) is 0 Å². The number of ether oxygens (including phenoxy) is 13. The molecule has 16 heterocycles. The number of aliphatic hydroxyl groups is 17. The first kappa shape index (κ1) is 58.2. The lowest BCUT2D eigenvalue weighted by Gasteiger charge is -2.51. The summed E-state index contributed by atoms with van der Waals surface area (Å²) in [7, 11) is 0. The molecule has 0 radical (unpaired) electrons. The third-order valence-corrected chi connectivity index (χ3v) is 13.7. The Bertz CT molecular complexity index is 1650. The van der Waals surface area contributed by atoms with Crippen molar-refractivity contribution in [1.82, 2.24) is 0 Å². The van der Waals surface area contributed by atoms with Crippen LogP contribution >= 0.6 is 0 Å². The summed E-state index contributed by atoms with van der Waals surface area (Å²) in [4.78, 5) is 11.0. The fraction of sp³-hybridized carbons (Fsp3) is 0.976. The van der Waals surface area contributed by atoms with Gasteiger partial charge in [0.25, 0.3) is 0 Å². The van der Waals surface area contributed by atoms with Crippen LogP contribution in [0.2, 0.25) is 0 Å². The van der Waals surface area contributed by atoms with Crippen molar-refractivity contribution in [3.05, 3.63) is 0 Å². The molecule has 31 heteroatoms. The lowest BCUT2D eigenvalue weighted by Crippen LogP contribution is -2.69. The first-order valence-corrected chi connectivity index (χ1v) is 23.5. The minimum atomic E-state index is -2.15. The number of carbonyl (C=O) groups excluding carboxylic acids is 1. The van der Waals surface area contributed by atoms with Crippen molar-refractivity contribution in [2.45, 2.75) is 203 Å². The van der Waals surface area contributed by atoms with Gasteiger partial charge in [-0.15, -0.1) is 0 Å². The normalized spacial score (nSPS) is 51.7. The Morgan fingerprint density at radius 1 is 0.306 bits per heavy atom. The van der Waals surface area contributed by atoms with Crippen molar-refractivity contribution in [2.24, 2.45) is 0 Å². The molecule has 0 aromatic heterocycles. The van der Waals surface area contributed by atoms with Gasteiger partial charge in [0, 0.05) is 13.0 Å². The zero-order valence-corrected chi connectivity index (χ0v) is 38.3. The molecule has 0 amide bonds.